The van der Waals surface area contributed by atoms with Crippen molar-refractivity contribution in [1.29, 1.82) is 0 Å². The van der Waals surface area contributed by atoms with E-state index in [4.69, 9.17) is 5.73 Å². The fourth-order valence-electron chi connectivity index (χ4n) is 2.67. The van der Waals surface area contributed by atoms with Crippen molar-refractivity contribution >= 4 is 17.7 Å². The Morgan fingerprint density at radius 3 is 2.85 bits per heavy atom. The second-order valence-corrected chi connectivity index (χ2v) is 6.82. The van der Waals surface area contributed by atoms with Crippen molar-refractivity contribution in [2.24, 2.45) is 5.73 Å². The van der Waals surface area contributed by atoms with Gasteiger partial charge in [-0.3, -0.25) is 4.79 Å². The van der Waals surface area contributed by atoms with Crippen LogP contribution < -0.4 is 5.73 Å². The number of carbonyl (C=O) groups excluding carboxylic acids is 1. The zero-order chi connectivity index (χ0) is 14.4. The Balaban J connectivity index is 2.03. The lowest BCUT2D eigenvalue weighted by Gasteiger charge is -2.27. The number of benzene rings is 1. The first-order chi connectivity index (χ1) is 9.72. The van der Waals surface area contributed by atoms with E-state index in [1.54, 1.807) is 0 Å². The lowest BCUT2D eigenvalue weighted by Crippen LogP contribution is -2.41. The highest BCUT2D eigenvalue weighted by atomic mass is 32.2. The van der Waals surface area contributed by atoms with Crippen LogP contribution in [0.5, 0.6) is 0 Å². The van der Waals surface area contributed by atoms with Gasteiger partial charge >= 0.3 is 0 Å². The minimum atomic E-state index is -0.526. The van der Waals surface area contributed by atoms with Crippen molar-refractivity contribution in [2.75, 3.05) is 18.8 Å². The summed E-state index contributed by atoms with van der Waals surface area (Å²) in [7, 11) is 0. The van der Waals surface area contributed by atoms with E-state index in [-0.39, 0.29) is 5.91 Å². The third kappa shape index (κ3) is 4.00. The Bertz CT molecular complexity index is 424. The number of likely N-dealkylation sites (tertiary alicyclic amines) is 1. The Morgan fingerprint density at radius 2 is 2.15 bits per heavy atom. The number of nitrogens with two attached hydrogens (primary N) is 1. The van der Waals surface area contributed by atoms with Crippen molar-refractivity contribution < 1.29 is 4.79 Å². The fourth-order valence-corrected chi connectivity index (χ4v) is 3.76. The molecule has 1 fully saturated rings. The molecule has 1 heterocycles. The standard InChI is InChI=1S/C16H24N2OS/c1-2-20-14-10-6-7-11-18(12-14)16(19)15(17)13-8-4-3-5-9-13/h3-5,8-9,14-15H,2,6-7,10-12,17H2,1H3. The van der Waals surface area contributed by atoms with Crippen LogP contribution in [0.4, 0.5) is 0 Å². The average Bonchev–Trinajstić information content (AvgIpc) is 2.73. The van der Waals surface area contributed by atoms with Gasteiger partial charge in [0.2, 0.25) is 5.91 Å². The van der Waals surface area contributed by atoms with Gasteiger partial charge in [-0.15, -0.1) is 0 Å². The fraction of sp³-hybridized carbons (Fsp3) is 0.562. The normalized spacial score (nSPS) is 21.3. The van der Waals surface area contributed by atoms with E-state index in [1.807, 2.05) is 47.0 Å². The summed E-state index contributed by atoms with van der Waals surface area (Å²) in [5.74, 6) is 1.18. The largest absolute Gasteiger partial charge is 0.340 e. The molecule has 1 amide bonds. The summed E-state index contributed by atoms with van der Waals surface area (Å²) >= 11 is 1.96. The van der Waals surface area contributed by atoms with E-state index >= 15 is 0 Å². The number of carbonyl (C=O) groups is 1. The van der Waals surface area contributed by atoms with Gasteiger partial charge in [0.25, 0.3) is 0 Å². The molecule has 1 aromatic rings. The Kier molecular flexibility index (Phi) is 5.92. The maximum Gasteiger partial charge on any atom is 0.244 e. The van der Waals surface area contributed by atoms with Gasteiger partial charge < -0.3 is 10.6 Å². The Morgan fingerprint density at radius 1 is 1.40 bits per heavy atom. The molecule has 0 saturated carbocycles. The number of nitrogens with zero attached hydrogens (tertiary/aromatic N) is 1. The molecule has 1 aromatic carbocycles. The second-order valence-electron chi connectivity index (χ2n) is 5.25. The van der Waals surface area contributed by atoms with E-state index in [9.17, 15) is 4.79 Å². The molecule has 110 valence electrons. The molecule has 2 unspecified atom stereocenters. The van der Waals surface area contributed by atoms with Gasteiger partial charge in [-0.2, -0.15) is 11.8 Å². The van der Waals surface area contributed by atoms with Crippen LogP contribution in [-0.2, 0) is 4.79 Å². The van der Waals surface area contributed by atoms with Crippen molar-refractivity contribution in [2.45, 2.75) is 37.5 Å². The first kappa shape index (κ1) is 15.4. The van der Waals surface area contributed by atoms with Crippen LogP contribution in [0.3, 0.4) is 0 Å². The molecule has 2 atom stereocenters. The smallest absolute Gasteiger partial charge is 0.244 e. The quantitative estimate of drug-likeness (QED) is 0.928. The molecule has 1 aliphatic rings. The molecule has 3 nitrogen and oxygen atoms in total. The first-order valence-corrected chi connectivity index (χ1v) is 8.48. The SMILES string of the molecule is CCSC1CCCCN(C(=O)C(N)c2ccccc2)C1. The molecule has 0 aromatic heterocycles. The summed E-state index contributed by atoms with van der Waals surface area (Å²) in [6, 6.07) is 9.14. The molecular weight excluding hydrogens is 268 g/mol. The second kappa shape index (κ2) is 7.70. The third-order valence-corrected chi connectivity index (χ3v) is 4.96. The van der Waals surface area contributed by atoms with Gasteiger partial charge in [0.15, 0.2) is 0 Å². The molecule has 0 aliphatic carbocycles. The molecule has 0 spiro atoms. The van der Waals surface area contributed by atoms with Crippen LogP contribution in [0, 0.1) is 0 Å². The van der Waals surface area contributed by atoms with Gasteiger partial charge in [-0.05, 0) is 24.2 Å². The van der Waals surface area contributed by atoms with Gasteiger partial charge in [0.05, 0.1) is 0 Å². The monoisotopic (exact) mass is 292 g/mol. The van der Waals surface area contributed by atoms with Crippen LogP contribution in [0.1, 0.15) is 37.8 Å². The number of rotatable bonds is 4. The van der Waals surface area contributed by atoms with Crippen LogP contribution in [0.15, 0.2) is 30.3 Å². The van der Waals surface area contributed by atoms with Crippen molar-refractivity contribution in [1.82, 2.24) is 4.90 Å². The van der Waals surface area contributed by atoms with Gasteiger partial charge in [-0.1, -0.05) is 43.7 Å². The van der Waals surface area contributed by atoms with Gasteiger partial charge in [-0.25, -0.2) is 0 Å². The third-order valence-electron chi connectivity index (χ3n) is 3.77. The predicted molar refractivity (Wildman–Crippen MR) is 85.7 cm³/mol. The number of hydrogen-bond acceptors (Lipinski definition) is 3. The van der Waals surface area contributed by atoms with E-state index in [2.05, 4.69) is 6.92 Å². The molecule has 0 bridgehead atoms. The summed E-state index contributed by atoms with van der Waals surface area (Å²) in [5, 5.41) is 0.564. The zero-order valence-corrected chi connectivity index (χ0v) is 12.9. The van der Waals surface area contributed by atoms with Gasteiger partial charge in [0, 0.05) is 18.3 Å². The molecule has 20 heavy (non-hydrogen) atoms. The number of amides is 1. The van der Waals surface area contributed by atoms with Crippen LogP contribution in [0.2, 0.25) is 0 Å². The molecular formula is C16H24N2OS. The highest BCUT2D eigenvalue weighted by Gasteiger charge is 2.26. The summed E-state index contributed by atoms with van der Waals surface area (Å²) in [5.41, 5.74) is 7.05. The summed E-state index contributed by atoms with van der Waals surface area (Å²) in [4.78, 5) is 14.6. The number of thioether (sulfide) groups is 1. The zero-order valence-electron chi connectivity index (χ0n) is 12.1. The maximum absolute atomic E-state index is 12.6. The van der Waals surface area contributed by atoms with Crippen molar-refractivity contribution in [3.8, 4) is 0 Å². The van der Waals surface area contributed by atoms with E-state index in [0.29, 0.717) is 5.25 Å². The lowest BCUT2D eigenvalue weighted by molar-refractivity contribution is -0.132. The molecule has 1 saturated heterocycles. The Labute approximate surface area is 125 Å². The number of hydrogen-bond donors (Lipinski definition) is 1. The first-order valence-electron chi connectivity index (χ1n) is 7.43. The molecule has 1 aliphatic heterocycles. The Hall–Kier alpha value is -1.00. The highest BCUT2D eigenvalue weighted by Crippen LogP contribution is 2.24. The average molecular weight is 292 g/mol. The van der Waals surface area contributed by atoms with E-state index in [1.165, 1.54) is 12.8 Å². The molecule has 2 N–H and O–H groups in total. The van der Waals surface area contributed by atoms with E-state index in [0.717, 1.165) is 30.8 Å². The van der Waals surface area contributed by atoms with Crippen LogP contribution >= 0.6 is 11.8 Å². The molecule has 2 rings (SSSR count). The minimum absolute atomic E-state index is 0.0693. The minimum Gasteiger partial charge on any atom is -0.340 e. The summed E-state index contributed by atoms with van der Waals surface area (Å²) in [6.45, 7) is 3.87. The predicted octanol–water partition coefficient (Wildman–Crippen LogP) is 2.82. The van der Waals surface area contributed by atoms with Crippen LogP contribution in [0.25, 0.3) is 0 Å². The highest BCUT2D eigenvalue weighted by molar-refractivity contribution is 7.99. The summed E-state index contributed by atoms with van der Waals surface area (Å²) < 4.78 is 0. The topological polar surface area (TPSA) is 46.3 Å². The lowest BCUT2D eigenvalue weighted by atomic mass is 10.1. The van der Waals surface area contributed by atoms with Crippen molar-refractivity contribution in [3.63, 3.8) is 0 Å². The van der Waals surface area contributed by atoms with Gasteiger partial charge in [0.1, 0.15) is 6.04 Å². The summed E-state index contributed by atoms with van der Waals surface area (Å²) in [6.07, 6.45) is 3.51. The van der Waals surface area contributed by atoms with E-state index < -0.39 is 6.04 Å². The maximum atomic E-state index is 12.6. The van der Waals surface area contributed by atoms with Crippen molar-refractivity contribution in [3.05, 3.63) is 35.9 Å². The molecule has 4 heteroatoms. The molecule has 0 radical (unpaired) electrons. The van der Waals surface area contributed by atoms with Crippen LogP contribution in [-0.4, -0.2) is 34.9 Å².